The number of carbonyl (C=O) groups is 2. The van der Waals surface area contributed by atoms with Gasteiger partial charge >= 0.3 is 0 Å². The van der Waals surface area contributed by atoms with Gasteiger partial charge in [0.2, 0.25) is 0 Å². The number of nitrogens with one attached hydrogen (secondary N) is 1. The zero-order valence-corrected chi connectivity index (χ0v) is 20.9. The van der Waals surface area contributed by atoms with Crippen LogP contribution in [0.15, 0.2) is 59.1 Å². The molecular formula is C28H20BrClN2O2. The summed E-state index contributed by atoms with van der Waals surface area (Å²) in [7, 11) is 0. The van der Waals surface area contributed by atoms with Gasteiger partial charge in [-0.1, -0.05) is 57.9 Å². The summed E-state index contributed by atoms with van der Waals surface area (Å²) in [4.78, 5) is 27.0. The highest BCUT2D eigenvalue weighted by atomic mass is 79.9. The molecule has 0 unspecified atom stereocenters. The van der Waals surface area contributed by atoms with Crippen molar-refractivity contribution in [2.24, 2.45) is 5.92 Å². The molecule has 0 saturated carbocycles. The molecule has 34 heavy (non-hydrogen) atoms. The molecule has 7 rings (SSSR count). The maximum absolute atomic E-state index is 13.7. The van der Waals surface area contributed by atoms with Crippen LogP contribution in [-0.2, 0) is 6.54 Å². The SMILES string of the molecule is CC1(C)Nc2c(ccc3c2C(=O)c2ccccc2C3=O)[C@@H]2c3c(Cl)c4cc(Br)ccc4n3C[C@@H]21. The summed E-state index contributed by atoms with van der Waals surface area (Å²) in [5, 5.41) is 5.47. The van der Waals surface area contributed by atoms with Crippen LogP contribution in [0.5, 0.6) is 0 Å². The first-order valence-electron chi connectivity index (χ1n) is 11.4. The van der Waals surface area contributed by atoms with Crippen LogP contribution in [0.4, 0.5) is 5.69 Å². The van der Waals surface area contributed by atoms with Crippen LogP contribution in [0.2, 0.25) is 5.02 Å². The van der Waals surface area contributed by atoms with E-state index in [1.807, 2.05) is 24.3 Å². The van der Waals surface area contributed by atoms with Gasteiger partial charge in [0.25, 0.3) is 0 Å². The summed E-state index contributed by atoms with van der Waals surface area (Å²) >= 11 is 10.6. The third-order valence-corrected chi connectivity index (χ3v) is 8.80. The highest BCUT2D eigenvalue weighted by Gasteiger charge is 2.50. The number of aromatic nitrogens is 1. The summed E-state index contributed by atoms with van der Waals surface area (Å²) in [5.74, 6) is 0.0751. The van der Waals surface area contributed by atoms with Gasteiger partial charge in [-0.15, -0.1) is 0 Å². The topological polar surface area (TPSA) is 51.1 Å². The number of halogens is 2. The van der Waals surface area contributed by atoms with Gasteiger partial charge in [-0.05, 0) is 43.7 Å². The van der Waals surface area contributed by atoms with Crippen molar-refractivity contribution in [1.29, 1.82) is 0 Å². The van der Waals surface area contributed by atoms with Crippen molar-refractivity contribution in [3.8, 4) is 0 Å². The quantitative estimate of drug-likeness (QED) is 0.239. The van der Waals surface area contributed by atoms with E-state index in [4.69, 9.17) is 11.6 Å². The Morgan fingerprint density at radius 2 is 1.74 bits per heavy atom. The molecule has 2 aliphatic heterocycles. The molecule has 0 bridgehead atoms. The fourth-order valence-corrected chi connectivity index (χ4v) is 7.05. The Morgan fingerprint density at radius 3 is 2.50 bits per heavy atom. The van der Waals surface area contributed by atoms with Crippen LogP contribution in [0.1, 0.15) is 62.9 Å². The van der Waals surface area contributed by atoms with Crippen molar-refractivity contribution in [3.63, 3.8) is 0 Å². The average Bonchev–Trinajstić information content (AvgIpc) is 3.34. The van der Waals surface area contributed by atoms with Gasteiger partial charge in [-0.25, -0.2) is 0 Å². The number of benzene rings is 3. The molecule has 0 amide bonds. The molecule has 1 aliphatic carbocycles. The second-order valence-corrected chi connectivity index (χ2v) is 11.4. The zero-order valence-electron chi connectivity index (χ0n) is 18.6. The van der Waals surface area contributed by atoms with Crippen LogP contribution < -0.4 is 5.32 Å². The molecule has 4 nitrogen and oxygen atoms in total. The molecule has 0 saturated heterocycles. The van der Waals surface area contributed by atoms with E-state index in [0.29, 0.717) is 22.3 Å². The molecule has 4 aromatic rings. The fourth-order valence-electron chi connectivity index (χ4n) is 6.32. The zero-order chi connectivity index (χ0) is 23.5. The number of nitrogens with zero attached hydrogens (tertiary/aromatic N) is 1. The van der Waals surface area contributed by atoms with Gasteiger partial charge < -0.3 is 9.88 Å². The normalized spacial score (nSPS) is 21.4. The van der Waals surface area contributed by atoms with E-state index in [-0.39, 0.29) is 28.9 Å². The van der Waals surface area contributed by atoms with Crippen LogP contribution in [0, 0.1) is 5.92 Å². The van der Waals surface area contributed by atoms with Crippen LogP contribution in [0.25, 0.3) is 10.9 Å². The minimum Gasteiger partial charge on any atom is -0.379 e. The lowest BCUT2D eigenvalue weighted by Crippen LogP contribution is -2.46. The number of hydrogen-bond donors (Lipinski definition) is 1. The third-order valence-electron chi connectivity index (χ3n) is 7.91. The van der Waals surface area contributed by atoms with Gasteiger partial charge in [-0.3, -0.25) is 9.59 Å². The molecule has 1 aromatic heterocycles. The van der Waals surface area contributed by atoms with E-state index in [9.17, 15) is 9.59 Å². The van der Waals surface area contributed by atoms with E-state index in [0.717, 1.165) is 43.9 Å². The predicted molar refractivity (Wildman–Crippen MR) is 137 cm³/mol. The van der Waals surface area contributed by atoms with Crippen molar-refractivity contribution >= 4 is 55.7 Å². The van der Waals surface area contributed by atoms with E-state index in [1.54, 1.807) is 18.2 Å². The summed E-state index contributed by atoms with van der Waals surface area (Å²) in [6, 6.07) is 17.2. The first-order valence-corrected chi connectivity index (χ1v) is 12.6. The number of carbonyl (C=O) groups excluding carboxylic acids is 2. The van der Waals surface area contributed by atoms with E-state index in [1.165, 1.54) is 0 Å². The number of hydrogen-bond acceptors (Lipinski definition) is 3. The van der Waals surface area contributed by atoms with Crippen LogP contribution >= 0.6 is 27.5 Å². The summed E-state index contributed by atoms with van der Waals surface area (Å²) in [5.41, 5.74) is 5.61. The summed E-state index contributed by atoms with van der Waals surface area (Å²) in [6.45, 7) is 5.18. The summed E-state index contributed by atoms with van der Waals surface area (Å²) in [6.07, 6.45) is 0. The monoisotopic (exact) mass is 530 g/mol. The van der Waals surface area contributed by atoms with E-state index < -0.39 is 0 Å². The highest BCUT2D eigenvalue weighted by molar-refractivity contribution is 9.10. The van der Waals surface area contributed by atoms with Gasteiger partial charge in [0.15, 0.2) is 11.6 Å². The summed E-state index contributed by atoms with van der Waals surface area (Å²) < 4.78 is 3.32. The maximum Gasteiger partial charge on any atom is 0.196 e. The molecular weight excluding hydrogens is 512 g/mol. The van der Waals surface area contributed by atoms with Crippen molar-refractivity contribution in [2.75, 3.05) is 5.32 Å². The van der Waals surface area contributed by atoms with Crippen molar-refractivity contribution in [1.82, 2.24) is 4.57 Å². The highest BCUT2D eigenvalue weighted by Crippen LogP contribution is 2.56. The van der Waals surface area contributed by atoms with Gasteiger partial charge in [0.1, 0.15) is 0 Å². The molecule has 0 fully saturated rings. The van der Waals surface area contributed by atoms with Crippen LogP contribution in [0.3, 0.4) is 0 Å². The lowest BCUT2D eigenvalue weighted by atomic mass is 9.69. The largest absolute Gasteiger partial charge is 0.379 e. The Hall–Kier alpha value is -2.89. The van der Waals surface area contributed by atoms with Crippen molar-refractivity contribution < 1.29 is 9.59 Å². The second kappa shape index (κ2) is 6.61. The number of anilines is 1. The molecule has 2 atom stereocenters. The first-order chi connectivity index (χ1) is 16.3. The standard InChI is InChI=1S/C28H20BrClN2O2/c1-28(2)19-12-32-20-10-7-13(29)11-18(20)23(30)25(32)21(19)16-8-9-17-22(24(16)31-28)27(34)15-6-4-3-5-14(15)26(17)33/h3-11,19,21,31H,12H2,1-2H3/t19-,21-/m0/s1. The van der Waals surface area contributed by atoms with Crippen LogP contribution in [-0.4, -0.2) is 21.7 Å². The molecule has 6 heteroatoms. The molecule has 168 valence electrons. The lowest BCUT2D eigenvalue weighted by molar-refractivity contribution is 0.0979. The van der Waals surface area contributed by atoms with E-state index in [2.05, 4.69) is 51.8 Å². The minimum atomic E-state index is -0.308. The lowest BCUT2D eigenvalue weighted by Gasteiger charge is -2.44. The maximum atomic E-state index is 13.7. The molecule has 0 radical (unpaired) electrons. The Balaban J connectivity index is 1.51. The number of rotatable bonds is 0. The second-order valence-electron chi connectivity index (χ2n) is 10.1. The van der Waals surface area contributed by atoms with Crippen molar-refractivity contribution in [3.05, 3.63) is 97.6 Å². The Labute approximate surface area is 210 Å². The smallest absolute Gasteiger partial charge is 0.196 e. The van der Waals surface area contributed by atoms with Gasteiger partial charge in [0, 0.05) is 61.7 Å². The number of ketones is 2. The molecule has 3 aromatic carbocycles. The Bertz CT molecular complexity index is 1620. The molecule has 0 spiro atoms. The Kier molecular flexibility index (Phi) is 3.98. The molecule has 3 heterocycles. The first kappa shape index (κ1) is 20.5. The fraction of sp³-hybridized carbons (Fsp3) is 0.214. The van der Waals surface area contributed by atoms with Gasteiger partial charge in [-0.2, -0.15) is 0 Å². The average molecular weight is 532 g/mol. The Morgan fingerprint density at radius 1 is 1.00 bits per heavy atom. The predicted octanol–water partition coefficient (Wildman–Crippen LogP) is 6.80. The molecule has 1 N–H and O–H groups in total. The molecule has 3 aliphatic rings. The van der Waals surface area contributed by atoms with Gasteiger partial charge in [0.05, 0.1) is 16.3 Å². The minimum absolute atomic E-state index is 0.0234. The number of fused-ring (bicyclic) bond motifs is 10. The van der Waals surface area contributed by atoms with E-state index >= 15 is 0 Å². The third kappa shape index (κ3) is 2.44. The van der Waals surface area contributed by atoms with Crippen molar-refractivity contribution in [2.45, 2.75) is 31.8 Å².